The van der Waals surface area contributed by atoms with Gasteiger partial charge in [0.15, 0.2) is 0 Å². The summed E-state index contributed by atoms with van der Waals surface area (Å²) < 4.78 is 13.0. The first kappa shape index (κ1) is 18.0. The highest BCUT2D eigenvalue weighted by molar-refractivity contribution is 5.90. The van der Waals surface area contributed by atoms with Crippen molar-refractivity contribution in [3.05, 3.63) is 41.2 Å². The van der Waals surface area contributed by atoms with Crippen molar-refractivity contribution in [3.63, 3.8) is 0 Å². The lowest BCUT2D eigenvalue weighted by Crippen LogP contribution is -2.30. The molecule has 1 aliphatic rings. The SMILES string of the molecule is Cc1nc(C(=O)N(C)C)nc(N2CC[C@@H](Nc3ccc(F)cn3)C2)c1C. The molecule has 1 fully saturated rings. The molecule has 3 heterocycles. The molecule has 1 aliphatic heterocycles. The summed E-state index contributed by atoms with van der Waals surface area (Å²) in [5.74, 6) is 1.09. The summed E-state index contributed by atoms with van der Waals surface area (Å²) in [4.78, 5) is 28.8. The minimum Gasteiger partial charge on any atom is -0.365 e. The van der Waals surface area contributed by atoms with Crippen molar-refractivity contribution >= 4 is 17.5 Å². The Kier molecular flexibility index (Phi) is 5.01. The molecule has 0 aliphatic carbocycles. The number of hydrogen-bond donors (Lipinski definition) is 1. The first-order valence-electron chi connectivity index (χ1n) is 8.55. The summed E-state index contributed by atoms with van der Waals surface area (Å²) in [5.41, 5.74) is 1.78. The van der Waals surface area contributed by atoms with Gasteiger partial charge < -0.3 is 15.1 Å². The van der Waals surface area contributed by atoms with Gasteiger partial charge in [-0.15, -0.1) is 0 Å². The van der Waals surface area contributed by atoms with Gasteiger partial charge in [-0.3, -0.25) is 4.79 Å². The third-order valence-electron chi connectivity index (χ3n) is 4.53. The van der Waals surface area contributed by atoms with E-state index in [1.165, 1.54) is 17.2 Å². The number of hydrogen-bond acceptors (Lipinski definition) is 6. The van der Waals surface area contributed by atoms with E-state index in [0.29, 0.717) is 5.82 Å². The third-order valence-corrected chi connectivity index (χ3v) is 4.53. The van der Waals surface area contributed by atoms with E-state index >= 15 is 0 Å². The minimum atomic E-state index is -0.353. The van der Waals surface area contributed by atoms with Crippen molar-refractivity contribution in [1.29, 1.82) is 0 Å². The number of rotatable bonds is 4. The van der Waals surface area contributed by atoms with Crippen LogP contribution in [0.25, 0.3) is 0 Å². The van der Waals surface area contributed by atoms with Gasteiger partial charge in [-0.05, 0) is 32.4 Å². The van der Waals surface area contributed by atoms with Gasteiger partial charge in [-0.2, -0.15) is 0 Å². The lowest BCUT2D eigenvalue weighted by Gasteiger charge is -2.22. The monoisotopic (exact) mass is 358 g/mol. The average molecular weight is 358 g/mol. The number of carbonyl (C=O) groups excluding carboxylic acids is 1. The van der Waals surface area contributed by atoms with Crippen molar-refractivity contribution in [1.82, 2.24) is 19.9 Å². The van der Waals surface area contributed by atoms with Crippen LogP contribution in [-0.2, 0) is 0 Å². The molecule has 1 atom stereocenters. The van der Waals surface area contributed by atoms with Gasteiger partial charge in [-0.1, -0.05) is 0 Å². The third kappa shape index (κ3) is 3.74. The quantitative estimate of drug-likeness (QED) is 0.901. The molecule has 3 rings (SSSR count). The highest BCUT2D eigenvalue weighted by Gasteiger charge is 2.27. The molecular formula is C18H23FN6O. The summed E-state index contributed by atoms with van der Waals surface area (Å²) in [5, 5.41) is 3.32. The Hall–Kier alpha value is -2.77. The molecule has 1 saturated heterocycles. The van der Waals surface area contributed by atoms with Crippen LogP contribution in [0.4, 0.5) is 16.0 Å². The summed E-state index contributed by atoms with van der Waals surface area (Å²) >= 11 is 0. The lowest BCUT2D eigenvalue weighted by molar-refractivity contribution is 0.0815. The maximum atomic E-state index is 13.0. The Bertz CT molecular complexity index is 808. The highest BCUT2D eigenvalue weighted by atomic mass is 19.1. The number of carbonyl (C=O) groups is 1. The van der Waals surface area contributed by atoms with Crippen LogP contribution in [-0.4, -0.2) is 59.0 Å². The molecule has 0 bridgehead atoms. The summed E-state index contributed by atoms with van der Waals surface area (Å²) in [6.07, 6.45) is 2.10. The molecule has 138 valence electrons. The summed E-state index contributed by atoms with van der Waals surface area (Å²) in [6.45, 7) is 5.40. The number of aromatic nitrogens is 3. The molecule has 0 aromatic carbocycles. The van der Waals surface area contributed by atoms with Gasteiger partial charge in [0.1, 0.15) is 17.5 Å². The Morgan fingerprint density at radius 2 is 2.08 bits per heavy atom. The first-order valence-corrected chi connectivity index (χ1v) is 8.55. The Labute approximate surface area is 152 Å². The molecule has 8 heteroatoms. The molecule has 7 nitrogen and oxygen atoms in total. The van der Waals surface area contributed by atoms with Crippen LogP contribution in [0.2, 0.25) is 0 Å². The van der Waals surface area contributed by atoms with Crippen LogP contribution in [0.15, 0.2) is 18.3 Å². The van der Waals surface area contributed by atoms with Gasteiger partial charge in [-0.25, -0.2) is 19.3 Å². The number of halogens is 1. The smallest absolute Gasteiger partial charge is 0.291 e. The number of amides is 1. The van der Waals surface area contributed by atoms with E-state index in [2.05, 4.69) is 25.2 Å². The van der Waals surface area contributed by atoms with Crippen molar-refractivity contribution < 1.29 is 9.18 Å². The number of anilines is 2. The molecule has 2 aromatic heterocycles. The number of nitrogens with one attached hydrogen (secondary N) is 1. The Morgan fingerprint density at radius 1 is 1.31 bits per heavy atom. The van der Waals surface area contributed by atoms with Crippen LogP contribution in [0.5, 0.6) is 0 Å². The molecule has 0 spiro atoms. The van der Waals surface area contributed by atoms with E-state index in [0.717, 1.165) is 36.6 Å². The van der Waals surface area contributed by atoms with E-state index in [4.69, 9.17) is 0 Å². The fraction of sp³-hybridized carbons (Fsp3) is 0.444. The van der Waals surface area contributed by atoms with Gasteiger partial charge in [0.2, 0.25) is 5.82 Å². The lowest BCUT2D eigenvalue weighted by atomic mass is 10.2. The Morgan fingerprint density at radius 3 is 2.73 bits per heavy atom. The second-order valence-corrected chi connectivity index (χ2v) is 6.72. The van der Waals surface area contributed by atoms with Crippen LogP contribution in [0.1, 0.15) is 28.3 Å². The molecule has 1 amide bonds. The van der Waals surface area contributed by atoms with E-state index in [-0.39, 0.29) is 23.6 Å². The molecule has 2 aromatic rings. The van der Waals surface area contributed by atoms with Crippen LogP contribution >= 0.6 is 0 Å². The first-order chi connectivity index (χ1) is 12.3. The normalized spacial score (nSPS) is 16.7. The molecule has 26 heavy (non-hydrogen) atoms. The Balaban J connectivity index is 1.77. The topological polar surface area (TPSA) is 74.2 Å². The van der Waals surface area contributed by atoms with E-state index < -0.39 is 0 Å². The highest BCUT2D eigenvalue weighted by Crippen LogP contribution is 2.25. The molecule has 0 unspecified atom stereocenters. The van der Waals surface area contributed by atoms with E-state index in [1.54, 1.807) is 20.2 Å². The second-order valence-electron chi connectivity index (χ2n) is 6.72. The molecule has 0 saturated carbocycles. The van der Waals surface area contributed by atoms with Crippen LogP contribution in [0, 0.1) is 19.7 Å². The molecular weight excluding hydrogens is 335 g/mol. The molecule has 1 N–H and O–H groups in total. The zero-order chi connectivity index (χ0) is 18.8. The van der Waals surface area contributed by atoms with Gasteiger partial charge in [0.25, 0.3) is 5.91 Å². The van der Waals surface area contributed by atoms with E-state index in [9.17, 15) is 9.18 Å². The predicted octanol–water partition coefficient (Wildman–Crippen LogP) is 2.02. The fourth-order valence-corrected chi connectivity index (χ4v) is 2.96. The van der Waals surface area contributed by atoms with Crippen molar-refractivity contribution in [2.24, 2.45) is 0 Å². The van der Waals surface area contributed by atoms with Crippen LogP contribution < -0.4 is 10.2 Å². The fourth-order valence-electron chi connectivity index (χ4n) is 2.96. The second kappa shape index (κ2) is 7.23. The standard InChI is InChI=1S/C18H23FN6O/c1-11-12(2)21-16(18(26)24(3)4)23-17(11)25-8-7-14(10-25)22-15-6-5-13(19)9-20-15/h5-6,9,14H,7-8,10H2,1-4H3,(H,20,22)/t14-/m1/s1. The van der Waals surface area contributed by atoms with Crippen LogP contribution in [0.3, 0.4) is 0 Å². The molecule has 0 radical (unpaired) electrons. The van der Waals surface area contributed by atoms with Crippen molar-refractivity contribution in [2.45, 2.75) is 26.3 Å². The van der Waals surface area contributed by atoms with Crippen molar-refractivity contribution in [3.8, 4) is 0 Å². The largest absolute Gasteiger partial charge is 0.365 e. The van der Waals surface area contributed by atoms with Gasteiger partial charge in [0.05, 0.1) is 6.20 Å². The number of nitrogens with zero attached hydrogens (tertiary/aromatic N) is 5. The van der Waals surface area contributed by atoms with Crippen molar-refractivity contribution in [2.75, 3.05) is 37.4 Å². The summed E-state index contributed by atoms with van der Waals surface area (Å²) in [6, 6.07) is 3.20. The predicted molar refractivity (Wildman–Crippen MR) is 98.0 cm³/mol. The number of aryl methyl sites for hydroxylation is 1. The summed E-state index contributed by atoms with van der Waals surface area (Å²) in [7, 11) is 3.37. The minimum absolute atomic E-state index is 0.177. The number of pyridine rings is 1. The zero-order valence-electron chi connectivity index (χ0n) is 15.5. The maximum absolute atomic E-state index is 13.0. The maximum Gasteiger partial charge on any atom is 0.291 e. The van der Waals surface area contributed by atoms with Gasteiger partial charge in [0, 0.05) is 44.5 Å². The zero-order valence-corrected chi connectivity index (χ0v) is 15.5. The average Bonchev–Trinajstić information content (AvgIpc) is 3.06. The van der Waals surface area contributed by atoms with Gasteiger partial charge >= 0.3 is 0 Å². The van der Waals surface area contributed by atoms with E-state index in [1.807, 2.05) is 13.8 Å².